The summed E-state index contributed by atoms with van der Waals surface area (Å²) in [4.78, 5) is 27.8. The van der Waals surface area contributed by atoms with Crippen molar-refractivity contribution in [1.29, 1.82) is 0 Å². The molecule has 2 aromatic rings. The zero-order valence-corrected chi connectivity index (χ0v) is 12.6. The minimum Gasteiger partial charge on any atom is -0.452 e. The molecule has 1 N–H and O–H groups in total. The number of esters is 1. The van der Waals surface area contributed by atoms with Crippen LogP contribution < -0.4 is 5.32 Å². The van der Waals surface area contributed by atoms with Crippen LogP contribution in [0.15, 0.2) is 35.7 Å². The van der Waals surface area contributed by atoms with E-state index in [2.05, 4.69) is 10.3 Å². The number of rotatable bonds is 5. The highest BCUT2D eigenvalue weighted by molar-refractivity contribution is 7.09. The molecule has 21 heavy (non-hydrogen) atoms. The number of hydrogen-bond donors (Lipinski definition) is 1. The van der Waals surface area contributed by atoms with Crippen LogP contribution in [0.4, 0.5) is 5.69 Å². The molecule has 0 radical (unpaired) electrons. The zero-order valence-electron chi connectivity index (χ0n) is 11.8. The molecular weight excluding hydrogens is 288 g/mol. The number of carbonyl (C=O) groups excluding carboxylic acids is 2. The van der Waals surface area contributed by atoms with Gasteiger partial charge < -0.3 is 10.1 Å². The largest absolute Gasteiger partial charge is 0.452 e. The van der Waals surface area contributed by atoms with Gasteiger partial charge in [0.1, 0.15) is 0 Å². The number of carbonyl (C=O) groups is 2. The Balaban J connectivity index is 1.84. The minimum atomic E-state index is -0.850. The van der Waals surface area contributed by atoms with Gasteiger partial charge in [-0.25, -0.2) is 4.98 Å². The maximum absolute atomic E-state index is 11.9. The van der Waals surface area contributed by atoms with Crippen molar-refractivity contribution in [2.45, 2.75) is 26.4 Å². The number of hydrogen-bond acceptors (Lipinski definition) is 5. The number of para-hydroxylation sites is 1. The summed E-state index contributed by atoms with van der Waals surface area (Å²) in [5.41, 5.74) is 1.33. The van der Waals surface area contributed by atoms with Crippen LogP contribution >= 0.6 is 11.3 Å². The topological polar surface area (TPSA) is 68.3 Å². The maximum atomic E-state index is 11.9. The van der Waals surface area contributed by atoms with Crippen LogP contribution in [0.1, 0.15) is 17.6 Å². The van der Waals surface area contributed by atoms with Gasteiger partial charge in [-0.05, 0) is 26.0 Å². The first-order valence-corrected chi connectivity index (χ1v) is 7.39. The monoisotopic (exact) mass is 304 g/mol. The first-order valence-electron chi connectivity index (χ1n) is 6.51. The number of nitrogens with one attached hydrogen (secondary N) is 1. The van der Waals surface area contributed by atoms with E-state index in [-0.39, 0.29) is 12.3 Å². The predicted octanol–water partition coefficient (Wildman–Crippen LogP) is 2.56. The molecule has 0 aliphatic heterocycles. The van der Waals surface area contributed by atoms with Crippen molar-refractivity contribution in [3.63, 3.8) is 0 Å². The Morgan fingerprint density at radius 3 is 2.67 bits per heavy atom. The third-order valence-corrected chi connectivity index (χ3v) is 3.53. The molecule has 1 atom stereocenters. The number of thiazole rings is 1. The van der Waals surface area contributed by atoms with Gasteiger partial charge >= 0.3 is 5.97 Å². The van der Waals surface area contributed by atoms with Crippen LogP contribution in [-0.4, -0.2) is 23.0 Å². The Kier molecular flexibility index (Phi) is 5.05. The molecule has 1 aromatic carbocycles. The number of aryl methyl sites for hydroxylation is 1. The summed E-state index contributed by atoms with van der Waals surface area (Å²) in [6.45, 7) is 3.41. The second-order valence-corrected chi connectivity index (χ2v) is 5.58. The van der Waals surface area contributed by atoms with Crippen LogP contribution in [-0.2, 0) is 20.7 Å². The van der Waals surface area contributed by atoms with E-state index in [1.807, 2.05) is 30.5 Å². The molecule has 1 heterocycles. The highest BCUT2D eigenvalue weighted by Crippen LogP contribution is 2.10. The van der Waals surface area contributed by atoms with Gasteiger partial charge in [-0.1, -0.05) is 18.2 Å². The average molecular weight is 304 g/mol. The molecular formula is C15H16N2O3S. The molecule has 0 spiro atoms. The predicted molar refractivity (Wildman–Crippen MR) is 81.2 cm³/mol. The highest BCUT2D eigenvalue weighted by Gasteiger charge is 2.18. The van der Waals surface area contributed by atoms with Crippen LogP contribution in [0.2, 0.25) is 0 Å². The number of ether oxygens (including phenoxy) is 1. The third kappa shape index (κ3) is 4.68. The van der Waals surface area contributed by atoms with Crippen molar-refractivity contribution in [1.82, 2.24) is 4.98 Å². The van der Waals surface area contributed by atoms with Gasteiger partial charge in [0, 0.05) is 11.1 Å². The van der Waals surface area contributed by atoms with E-state index < -0.39 is 12.1 Å². The highest BCUT2D eigenvalue weighted by atomic mass is 32.1. The van der Waals surface area contributed by atoms with E-state index in [0.717, 1.165) is 5.01 Å². The van der Waals surface area contributed by atoms with Crippen molar-refractivity contribution in [3.8, 4) is 0 Å². The number of anilines is 1. The Labute approximate surface area is 127 Å². The van der Waals surface area contributed by atoms with E-state index in [0.29, 0.717) is 11.4 Å². The summed E-state index contributed by atoms with van der Waals surface area (Å²) in [6, 6.07) is 9.03. The Morgan fingerprint density at radius 1 is 1.33 bits per heavy atom. The maximum Gasteiger partial charge on any atom is 0.312 e. The molecule has 1 amide bonds. The van der Waals surface area contributed by atoms with Crippen molar-refractivity contribution in [2.24, 2.45) is 0 Å². The molecule has 1 aromatic heterocycles. The fraction of sp³-hybridized carbons (Fsp3) is 0.267. The molecule has 2 rings (SSSR count). The molecule has 0 saturated carbocycles. The first-order chi connectivity index (χ1) is 10.0. The smallest absolute Gasteiger partial charge is 0.312 e. The molecule has 0 saturated heterocycles. The summed E-state index contributed by atoms with van der Waals surface area (Å²) >= 11 is 1.48. The molecule has 1 unspecified atom stereocenters. The van der Waals surface area contributed by atoms with Gasteiger partial charge in [0.15, 0.2) is 6.10 Å². The summed E-state index contributed by atoms with van der Waals surface area (Å²) in [5, 5.41) is 5.39. The number of amides is 1. The van der Waals surface area contributed by atoms with Gasteiger partial charge in [-0.15, -0.1) is 11.3 Å². The van der Waals surface area contributed by atoms with E-state index in [4.69, 9.17) is 4.74 Å². The van der Waals surface area contributed by atoms with Crippen LogP contribution in [0.3, 0.4) is 0 Å². The number of aromatic nitrogens is 1. The molecule has 5 nitrogen and oxygen atoms in total. The van der Waals surface area contributed by atoms with Gasteiger partial charge in [0.25, 0.3) is 5.91 Å². The minimum absolute atomic E-state index is 0.0767. The SMILES string of the molecule is Cc1nc(CC(=O)OC(C)C(=O)Nc2ccccc2)cs1. The zero-order chi connectivity index (χ0) is 15.2. The van der Waals surface area contributed by atoms with E-state index in [1.165, 1.54) is 11.3 Å². The Hall–Kier alpha value is -2.21. The lowest BCUT2D eigenvalue weighted by atomic mass is 10.3. The molecule has 110 valence electrons. The molecule has 0 aliphatic carbocycles. The van der Waals surface area contributed by atoms with Gasteiger partial charge in [0.05, 0.1) is 17.1 Å². The lowest BCUT2D eigenvalue weighted by Gasteiger charge is -2.13. The van der Waals surface area contributed by atoms with Gasteiger partial charge in [-0.3, -0.25) is 9.59 Å². The quantitative estimate of drug-likeness (QED) is 0.862. The normalized spacial score (nSPS) is 11.7. The fourth-order valence-corrected chi connectivity index (χ4v) is 2.31. The number of benzene rings is 1. The summed E-state index contributed by atoms with van der Waals surface area (Å²) < 4.78 is 5.11. The van der Waals surface area contributed by atoms with Crippen molar-refractivity contribution in [2.75, 3.05) is 5.32 Å². The Morgan fingerprint density at radius 2 is 2.05 bits per heavy atom. The number of nitrogens with zero attached hydrogens (tertiary/aromatic N) is 1. The lowest BCUT2D eigenvalue weighted by Crippen LogP contribution is -2.30. The first kappa shape index (κ1) is 15.2. The molecule has 0 bridgehead atoms. The summed E-state index contributed by atoms with van der Waals surface area (Å²) in [5.74, 6) is -0.819. The van der Waals surface area contributed by atoms with Crippen molar-refractivity contribution >= 4 is 28.9 Å². The average Bonchev–Trinajstić information content (AvgIpc) is 2.84. The van der Waals surface area contributed by atoms with Crippen molar-refractivity contribution in [3.05, 3.63) is 46.4 Å². The van der Waals surface area contributed by atoms with Crippen LogP contribution in [0.25, 0.3) is 0 Å². The molecule has 0 aliphatic rings. The second kappa shape index (κ2) is 6.99. The van der Waals surface area contributed by atoms with Gasteiger partial charge in [-0.2, -0.15) is 0 Å². The summed E-state index contributed by atoms with van der Waals surface area (Å²) in [6.07, 6.45) is -0.773. The van der Waals surface area contributed by atoms with Crippen molar-refractivity contribution < 1.29 is 14.3 Å². The third-order valence-electron chi connectivity index (χ3n) is 2.71. The van der Waals surface area contributed by atoms with E-state index in [9.17, 15) is 9.59 Å². The summed E-state index contributed by atoms with van der Waals surface area (Å²) in [7, 11) is 0. The second-order valence-electron chi connectivity index (χ2n) is 4.52. The molecule has 0 fully saturated rings. The fourth-order valence-electron chi connectivity index (χ4n) is 1.70. The van der Waals surface area contributed by atoms with E-state index >= 15 is 0 Å². The van der Waals surface area contributed by atoms with E-state index in [1.54, 1.807) is 19.1 Å². The standard InChI is InChI=1S/C15H16N2O3S/c1-10(15(19)17-12-6-4-3-5-7-12)20-14(18)8-13-9-21-11(2)16-13/h3-7,9-10H,8H2,1-2H3,(H,17,19). The van der Waals surface area contributed by atoms with Gasteiger partial charge in [0.2, 0.25) is 0 Å². The molecule has 6 heteroatoms. The van der Waals surface area contributed by atoms with Crippen LogP contribution in [0, 0.1) is 6.92 Å². The Bertz CT molecular complexity index is 625. The van der Waals surface area contributed by atoms with Crippen LogP contribution in [0.5, 0.6) is 0 Å². The lowest BCUT2D eigenvalue weighted by molar-refractivity contribution is -0.152.